The molecule has 0 atom stereocenters. The standard InChI is InChI=1S/C19H26N2O/c1-14(2)21(15(3)4)19(22)13-20(5)18-12-8-10-16-9-6-7-11-17(16)18/h6-12,14-15H,13H2,1-5H3. The van der Waals surface area contributed by atoms with Crippen molar-refractivity contribution < 1.29 is 4.79 Å². The van der Waals surface area contributed by atoms with Gasteiger partial charge in [0.15, 0.2) is 0 Å². The van der Waals surface area contributed by atoms with E-state index in [9.17, 15) is 4.79 Å². The normalized spacial score (nSPS) is 11.2. The van der Waals surface area contributed by atoms with E-state index in [2.05, 4.69) is 52.0 Å². The molecule has 0 unspecified atom stereocenters. The number of carbonyl (C=O) groups is 1. The van der Waals surface area contributed by atoms with Crippen LogP contribution in [0, 0.1) is 0 Å². The Morgan fingerprint density at radius 2 is 1.55 bits per heavy atom. The fraction of sp³-hybridized carbons (Fsp3) is 0.421. The van der Waals surface area contributed by atoms with E-state index < -0.39 is 0 Å². The van der Waals surface area contributed by atoms with Crippen LogP contribution in [0.2, 0.25) is 0 Å². The lowest BCUT2D eigenvalue weighted by atomic mass is 10.1. The molecular weight excluding hydrogens is 272 g/mol. The van der Waals surface area contributed by atoms with Crippen LogP contribution in [0.1, 0.15) is 27.7 Å². The minimum Gasteiger partial charge on any atom is -0.365 e. The molecular formula is C19H26N2O. The molecule has 0 aliphatic heterocycles. The van der Waals surface area contributed by atoms with Crippen molar-refractivity contribution in [2.45, 2.75) is 39.8 Å². The highest BCUT2D eigenvalue weighted by atomic mass is 16.2. The van der Waals surface area contributed by atoms with Gasteiger partial charge in [-0.3, -0.25) is 4.79 Å². The Morgan fingerprint density at radius 3 is 2.18 bits per heavy atom. The molecule has 0 saturated heterocycles. The fourth-order valence-electron chi connectivity index (χ4n) is 3.08. The van der Waals surface area contributed by atoms with Gasteiger partial charge in [0.25, 0.3) is 0 Å². The summed E-state index contributed by atoms with van der Waals surface area (Å²) in [7, 11) is 1.98. The van der Waals surface area contributed by atoms with Crippen molar-refractivity contribution in [2.24, 2.45) is 0 Å². The minimum absolute atomic E-state index is 0.167. The number of carbonyl (C=O) groups excluding carboxylic acids is 1. The summed E-state index contributed by atoms with van der Waals surface area (Å²) in [6.45, 7) is 8.65. The van der Waals surface area contributed by atoms with Gasteiger partial charge in [-0.05, 0) is 39.1 Å². The molecule has 1 amide bonds. The number of nitrogens with zero attached hydrogens (tertiary/aromatic N) is 2. The van der Waals surface area contributed by atoms with E-state index in [4.69, 9.17) is 0 Å². The van der Waals surface area contributed by atoms with Gasteiger partial charge in [0.1, 0.15) is 0 Å². The Kier molecular flexibility index (Phi) is 5.07. The van der Waals surface area contributed by atoms with E-state index in [1.807, 2.05) is 35.0 Å². The molecule has 0 heterocycles. The fourth-order valence-corrected chi connectivity index (χ4v) is 3.08. The van der Waals surface area contributed by atoms with E-state index in [1.54, 1.807) is 0 Å². The number of fused-ring (bicyclic) bond motifs is 1. The average Bonchev–Trinajstić information content (AvgIpc) is 2.45. The third-order valence-corrected chi connectivity index (χ3v) is 3.95. The molecule has 0 bridgehead atoms. The van der Waals surface area contributed by atoms with Gasteiger partial charge in [-0.2, -0.15) is 0 Å². The van der Waals surface area contributed by atoms with Crippen molar-refractivity contribution in [3.05, 3.63) is 42.5 Å². The predicted octanol–water partition coefficient (Wildman–Crippen LogP) is 3.92. The van der Waals surface area contributed by atoms with Crippen molar-refractivity contribution >= 4 is 22.4 Å². The maximum Gasteiger partial charge on any atom is 0.242 e. The van der Waals surface area contributed by atoms with Crippen LogP contribution in [-0.4, -0.2) is 36.5 Å². The topological polar surface area (TPSA) is 23.6 Å². The molecule has 3 nitrogen and oxygen atoms in total. The van der Waals surface area contributed by atoms with Gasteiger partial charge < -0.3 is 9.80 Å². The highest BCUT2D eigenvalue weighted by molar-refractivity contribution is 5.95. The van der Waals surface area contributed by atoms with Crippen LogP contribution in [0.15, 0.2) is 42.5 Å². The molecule has 0 N–H and O–H groups in total. The van der Waals surface area contributed by atoms with E-state index in [1.165, 1.54) is 10.8 Å². The molecule has 0 fully saturated rings. The van der Waals surface area contributed by atoms with Crippen LogP contribution in [0.25, 0.3) is 10.8 Å². The minimum atomic E-state index is 0.167. The van der Waals surface area contributed by atoms with Crippen LogP contribution >= 0.6 is 0 Å². The van der Waals surface area contributed by atoms with Crippen LogP contribution in [-0.2, 0) is 4.79 Å². The van der Waals surface area contributed by atoms with Crippen LogP contribution in [0.4, 0.5) is 5.69 Å². The van der Waals surface area contributed by atoms with E-state index in [0.29, 0.717) is 6.54 Å². The van der Waals surface area contributed by atoms with Crippen LogP contribution in [0.5, 0.6) is 0 Å². The first-order chi connectivity index (χ1) is 10.4. The Hall–Kier alpha value is -2.03. The summed E-state index contributed by atoms with van der Waals surface area (Å²) in [5.41, 5.74) is 1.10. The summed E-state index contributed by atoms with van der Waals surface area (Å²) >= 11 is 0. The summed E-state index contributed by atoms with van der Waals surface area (Å²) in [6, 6.07) is 14.9. The van der Waals surface area contributed by atoms with E-state index >= 15 is 0 Å². The second kappa shape index (κ2) is 6.82. The average molecular weight is 298 g/mol. The lowest BCUT2D eigenvalue weighted by molar-refractivity contribution is -0.133. The molecule has 3 heteroatoms. The zero-order valence-corrected chi connectivity index (χ0v) is 14.2. The second-order valence-corrected chi connectivity index (χ2v) is 6.34. The Balaban J connectivity index is 2.24. The van der Waals surface area contributed by atoms with Crippen molar-refractivity contribution in [1.29, 1.82) is 0 Å². The number of rotatable bonds is 5. The number of likely N-dealkylation sites (N-methyl/N-ethyl adjacent to an activating group) is 1. The summed E-state index contributed by atoms with van der Waals surface area (Å²) in [6.07, 6.45) is 0. The molecule has 0 aliphatic rings. The number of hydrogen-bond acceptors (Lipinski definition) is 2. The lowest BCUT2D eigenvalue weighted by Gasteiger charge is -2.33. The van der Waals surface area contributed by atoms with Gasteiger partial charge in [0, 0.05) is 30.2 Å². The van der Waals surface area contributed by atoms with Crippen molar-refractivity contribution in [3.8, 4) is 0 Å². The molecule has 0 aliphatic carbocycles. The van der Waals surface area contributed by atoms with Crippen LogP contribution < -0.4 is 4.90 Å². The largest absolute Gasteiger partial charge is 0.365 e. The first kappa shape index (κ1) is 16.3. The summed E-state index contributed by atoms with van der Waals surface area (Å²) in [5, 5.41) is 2.38. The molecule has 22 heavy (non-hydrogen) atoms. The predicted molar refractivity (Wildman–Crippen MR) is 94.3 cm³/mol. The van der Waals surface area contributed by atoms with Crippen molar-refractivity contribution in [1.82, 2.24) is 4.90 Å². The van der Waals surface area contributed by atoms with Gasteiger partial charge in [-0.15, -0.1) is 0 Å². The van der Waals surface area contributed by atoms with Gasteiger partial charge in [-0.25, -0.2) is 0 Å². The van der Waals surface area contributed by atoms with Gasteiger partial charge in [0.2, 0.25) is 5.91 Å². The molecule has 2 aromatic carbocycles. The third-order valence-electron chi connectivity index (χ3n) is 3.95. The van der Waals surface area contributed by atoms with Gasteiger partial charge >= 0.3 is 0 Å². The molecule has 0 saturated carbocycles. The molecule has 118 valence electrons. The Bertz CT molecular complexity index is 635. The number of hydrogen-bond donors (Lipinski definition) is 0. The SMILES string of the molecule is CC(C)N(C(=O)CN(C)c1cccc2ccccc12)C(C)C. The zero-order valence-electron chi connectivity index (χ0n) is 14.2. The highest BCUT2D eigenvalue weighted by Gasteiger charge is 2.21. The summed E-state index contributed by atoms with van der Waals surface area (Å²) in [5.74, 6) is 0.167. The van der Waals surface area contributed by atoms with Gasteiger partial charge in [-0.1, -0.05) is 36.4 Å². The summed E-state index contributed by atoms with van der Waals surface area (Å²) in [4.78, 5) is 16.6. The number of benzene rings is 2. The second-order valence-electron chi connectivity index (χ2n) is 6.34. The summed E-state index contributed by atoms with van der Waals surface area (Å²) < 4.78 is 0. The molecule has 0 radical (unpaired) electrons. The Labute approximate surface area is 133 Å². The first-order valence-corrected chi connectivity index (χ1v) is 7.92. The van der Waals surface area contributed by atoms with E-state index in [0.717, 1.165) is 5.69 Å². The van der Waals surface area contributed by atoms with Crippen molar-refractivity contribution in [3.63, 3.8) is 0 Å². The maximum absolute atomic E-state index is 12.6. The molecule has 0 spiro atoms. The third kappa shape index (κ3) is 3.41. The molecule has 2 rings (SSSR count). The van der Waals surface area contributed by atoms with E-state index in [-0.39, 0.29) is 18.0 Å². The van der Waals surface area contributed by atoms with Crippen molar-refractivity contribution in [2.75, 3.05) is 18.5 Å². The first-order valence-electron chi connectivity index (χ1n) is 7.92. The lowest BCUT2D eigenvalue weighted by Crippen LogP contribution is -2.46. The number of amides is 1. The molecule has 2 aromatic rings. The van der Waals surface area contributed by atoms with Crippen LogP contribution in [0.3, 0.4) is 0 Å². The molecule has 0 aromatic heterocycles. The number of anilines is 1. The quantitative estimate of drug-likeness (QED) is 0.835. The van der Waals surface area contributed by atoms with Gasteiger partial charge in [0.05, 0.1) is 6.54 Å². The highest BCUT2D eigenvalue weighted by Crippen LogP contribution is 2.25. The smallest absolute Gasteiger partial charge is 0.242 e. The Morgan fingerprint density at radius 1 is 0.955 bits per heavy atom. The monoisotopic (exact) mass is 298 g/mol. The maximum atomic E-state index is 12.6. The zero-order chi connectivity index (χ0) is 16.3.